The van der Waals surface area contributed by atoms with Crippen molar-refractivity contribution in [3.05, 3.63) is 35.0 Å². The highest BCUT2D eigenvalue weighted by molar-refractivity contribution is 7.92. The molecule has 6 nitrogen and oxygen atoms in total. The molecule has 0 aliphatic rings. The van der Waals surface area contributed by atoms with Crippen molar-refractivity contribution < 1.29 is 8.42 Å². The molecule has 1 aromatic heterocycles. The van der Waals surface area contributed by atoms with Crippen LogP contribution in [0.2, 0.25) is 0 Å². The maximum absolute atomic E-state index is 12.5. The molecule has 0 saturated heterocycles. The Hall–Kier alpha value is -2.02. The second-order valence-electron chi connectivity index (χ2n) is 4.88. The SMILES string of the molecule is Cc1cc(N)c(C)c(S(=O)(=O)Nc2cc(C)nn2C)c1. The monoisotopic (exact) mass is 294 g/mol. The Morgan fingerprint density at radius 3 is 2.40 bits per heavy atom. The number of aryl methyl sites for hydroxylation is 3. The van der Waals surface area contributed by atoms with Gasteiger partial charge in [-0.2, -0.15) is 5.10 Å². The Balaban J connectivity index is 2.49. The molecule has 0 amide bonds. The summed E-state index contributed by atoms with van der Waals surface area (Å²) < 4.78 is 29.0. The number of nitrogens with two attached hydrogens (primary N) is 1. The van der Waals surface area contributed by atoms with Crippen LogP contribution in [-0.2, 0) is 17.1 Å². The molecule has 108 valence electrons. The molecule has 0 atom stereocenters. The minimum atomic E-state index is -3.69. The lowest BCUT2D eigenvalue weighted by atomic mass is 10.1. The third-order valence-electron chi connectivity index (χ3n) is 3.07. The number of nitrogens with zero attached hydrogens (tertiary/aromatic N) is 2. The van der Waals surface area contributed by atoms with Crippen molar-refractivity contribution in [1.29, 1.82) is 0 Å². The Morgan fingerprint density at radius 2 is 1.85 bits per heavy atom. The van der Waals surface area contributed by atoms with Gasteiger partial charge >= 0.3 is 0 Å². The molecule has 0 saturated carbocycles. The highest BCUT2D eigenvalue weighted by Crippen LogP contribution is 2.25. The van der Waals surface area contributed by atoms with E-state index in [4.69, 9.17) is 5.73 Å². The van der Waals surface area contributed by atoms with E-state index in [1.807, 2.05) is 6.92 Å². The van der Waals surface area contributed by atoms with Gasteiger partial charge in [0.25, 0.3) is 10.0 Å². The molecule has 0 radical (unpaired) electrons. The van der Waals surface area contributed by atoms with Gasteiger partial charge in [-0.15, -0.1) is 0 Å². The number of hydrogen-bond acceptors (Lipinski definition) is 4. The lowest BCUT2D eigenvalue weighted by Gasteiger charge is -2.12. The van der Waals surface area contributed by atoms with Crippen LogP contribution in [0.4, 0.5) is 11.5 Å². The van der Waals surface area contributed by atoms with Gasteiger partial charge in [-0.1, -0.05) is 0 Å². The number of anilines is 2. The van der Waals surface area contributed by atoms with Crippen LogP contribution in [0.3, 0.4) is 0 Å². The lowest BCUT2D eigenvalue weighted by Crippen LogP contribution is -2.17. The Bertz CT molecular complexity index is 763. The van der Waals surface area contributed by atoms with E-state index in [0.29, 0.717) is 17.1 Å². The zero-order valence-corrected chi connectivity index (χ0v) is 12.7. The number of aromatic nitrogens is 2. The molecular formula is C13H18N4O2S. The predicted octanol–water partition coefficient (Wildman–Crippen LogP) is 1.73. The number of nitrogens with one attached hydrogen (secondary N) is 1. The molecule has 7 heteroatoms. The maximum atomic E-state index is 12.5. The normalized spacial score (nSPS) is 11.6. The highest BCUT2D eigenvalue weighted by atomic mass is 32.2. The van der Waals surface area contributed by atoms with Gasteiger partial charge < -0.3 is 5.73 Å². The quantitative estimate of drug-likeness (QED) is 0.844. The van der Waals surface area contributed by atoms with Gasteiger partial charge in [0.2, 0.25) is 0 Å². The zero-order valence-electron chi connectivity index (χ0n) is 11.9. The average molecular weight is 294 g/mol. The smallest absolute Gasteiger partial charge is 0.263 e. The standard InChI is InChI=1S/C13H18N4O2S/c1-8-5-11(14)10(3)12(6-8)20(18,19)16-13-7-9(2)15-17(13)4/h5-7,16H,14H2,1-4H3. The molecule has 2 rings (SSSR count). The van der Waals surface area contributed by atoms with Crippen LogP contribution in [0.25, 0.3) is 0 Å². The molecule has 0 aliphatic carbocycles. The van der Waals surface area contributed by atoms with Gasteiger partial charge in [0.1, 0.15) is 5.82 Å². The Labute approximate surface area is 118 Å². The number of nitrogen functional groups attached to an aromatic ring is 1. The van der Waals surface area contributed by atoms with Crippen molar-refractivity contribution in [2.45, 2.75) is 25.7 Å². The second-order valence-corrected chi connectivity index (χ2v) is 6.53. The molecule has 0 aliphatic heterocycles. The van der Waals surface area contributed by atoms with Crippen molar-refractivity contribution in [3.8, 4) is 0 Å². The molecule has 0 spiro atoms. The third kappa shape index (κ3) is 2.62. The van der Waals surface area contributed by atoms with Crippen molar-refractivity contribution in [2.24, 2.45) is 7.05 Å². The van der Waals surface area contributed by atoms with Gasteiger partial charge in [0, 0.05) is 18.8 Å². The van der Waals surface area contributed by atoms with Gasteiger partial charge in [0.05, 0.1) is 10.6 Å². The molecule has 2 aromatic rings. The van der Waals surface area contributed by atoms with Crippen LogP contribution in [-0.4, -0.2) is 18.2 Å². The first-order chi connectivity index (χ1) is 9.20. The molecule has 1 heterocycles. The first-order valence-electron chi connectivity index (χ1n) is 6.11. The summed E-state index contributed by atoms with van der Waals surface area (Å²) in [7, 11) is -2.01. The van der Waals surface area contributed by atoms with E-state index in [0.717, 1.165) is 11.3 Å². The van der Waals surface area contributed by atoms with Crippen molar-refractivity contribution in [1.82, 2.24) is 9.78 Å². The summed E-state index contributed by atoms with van der Waals surface area (Å²) in [4.78, 5) is 0.189. The van der Waals surface area contributed by atoms with Crippen LogP contribution in [0.1, 0.15) is 16.8 Å². The molecule has 3 N–H and O–H groups in total. The molecule has 0 unspecified atom stereocenters. The summed E-state index contributed by atoms with van der Waals surface area (Å²) in [6, 6.07) is 5.03. The van der Waals surface area contributed by atoms with E-state index >= 15 is 0 Å². The first kappa shape index (κ1) is 14.4. The summed E-state index contributed by atoms with van der Waals surface area (Å²) in [6.07, 6.45) is 0. The fourth-order valence-electron chi connectivity index (χ4n) is 2.03. The minimum Gasteiger partial charge on any atom is -0.398 e. The molecule has 20 heavy (non-hydrogen) atoms. The second kappa shape index (κ2) is 4.82. The number of rotatable bonds is 3. The molecule has 1 aromatic carbocycles. The van der Waals surface area contributed by atoms with E-state index in [1.54, 1.807) is 39.1 Å². The van der Waals surface area contributed by atoms with Crippen LogP contribution >= 0.6 is 0 Å². The maximum Gasteiger partial charge on any atom is 0.263 e. The highest BCUT2D eigenvalue weighted by Gasteiger charge is 2.20. The van der Waals surface area contributed by atoms with Gasteiger partial charge in [-0.25, -0.2) is 8.42 Å². The molecule has 0 bridgehead atoms. The number of benzene rings is 1. The van der Waals surface area contributed by atoms with Crippen LogP contribution in [0, 0.1) is 20.8 Å². The van der Waals surface area contributed by atoms with E-state index < -0.39 is 10.0 Å². The average Bonchev–Trinajstić information content (AvgIpc) is 2.61. The van der Waals surface area contributed by atoms with E-state index in [-0.39, 0.29) is 4.90 Å². The first-order valence-corrected chi connectivity index (χ1v) is 7.59. The predicted molar refractivity (Wildman–Crippen MR) is 79.1 cm³/mol. The van der Waals surface area contributed by atoms with Crippen LogP contribution in [0.5, 0.6) is 0 Å². The van der Waals surface area contributed by atoms with Crippen molar-refractivity contribution in [3.63, 3.8) is 0 Å². The lowest BCUT2D eigenvalue weighted by molar-refractivity contribution is 0.599. The van der Waals surface area contributed by atoms with E-state index in [2.05, 4.69) is 9.82 Å². The fourth-order valence-corrected chi connectivity index (χ4v) is 3.47. The van der Waals surface area contributed by atoms with Gasteiger partial charge in [-0.3, -0.25) is 9.40 Å². The molecule has 0 fully saturated rings. The minimum absolute atomic E-state index is 0.189. The zero-order chi connectivity index (χ0) is 15.1. The number of hydrogen-bond donors (Lipinski definition) is 2. The fraction of sp³-hybridized carbons (Fsp3) is 0.308. The summed E-state index contributed by atoms with van der Waals surface area (Å²) in [5, 5.41) is 4.11. The topological polar surface area (TPSA) is 90.0 Å². The molecular weight excluding hydrogens is 276 g/mol. The van der Waals surface area contributed by atoms with Crippen LogP contribution in [0.15, 0.2) is 23.1 Å². The summed E-state index contributed by atoms with van der Waals surface area (Å²) in [6.45, 7) is 5.30. The van der Waals surface area contributed by atoms with Gasteiger partial charge in [0.15, 0.2) is 0 Å². The largest absolute Gasteiger partial charge is 0.398 e. The van der Waals surface area contributed by atoms with Gasteiger partial charge in [-0.05, 0) is 44.0 Å². The van der Waals surface area contributed by atoms with E-state index in [9.17, 15) is 8.42 Å². The summed E-state index contributed by atoms with van der Waals surface area (Å²) >= 11 is 0. The Kier molecular flexibility index (Phi) is 3.47. The van der Waals surface area contributed by atoms with Crippen molar-refractivity contribution >= 4 is 21.5 Å². The van der Waals surface area contributed by atoms with E-state index in [1.165, 1.54) is 4.68 Å². The summed E-state index contributed by atoms with van der Waals surface area (Å²) in [5.74, 6) is 0.418. The van der Waals surface area contributed by atoms with Crippen LogP contribution < -0.4 is 10.5 Å². The summed E-state index contributed by atoms with van der Waals surface area (Å²) in [5.41, 5.74) is 8.39. The Morgan fingerprint density at radius 1 is 1.20 bits per heavy atom. The third-order valence-corrected chi connectivity index (χ3v) is 4.56. The van der Waals surface area contributed by atoms with Crippen molar-refractivity contribution in [2.75, 3.05) is 10.5 Å². The number of sulfonamides is 1.